The Morgan fingerprint density at radius 2 is 1.92 bits per heavy atom. The number of hydrogen-bond acceptors (Lipinski definition) is 2. The summed E-state index contributed by atoms with van der Waals surface area (Å²) >= 11 is 1.87. The molecule has 0 amide bonds. The number of thiazole rings is 1. The molecule has 0 fully saturated rings. The normalized spacial score (nSPS) is 14.0. The number of halogens is 1. The van der Waals surface area contributed by atoms with E-state index in [0.717, 1.165) is 13.1 Å². The Hall–Kier alpha value is -1.65. The average molecular weight is 401 g/mol. The van der Waals surface area contributed by atoms with Gasteiger partial charge in [-0.05, 0) is 37.5 Å². The first-order chi connectivity index (χ1) is 11.4. The van der Waals surface area contributed by atoms with Crippen molar-refractivity contribution in [2.75, 3.05) is 11.4 Å². The molecule has 24 heavy (non-hydrogen) atoms. The van der Waals surface area contributed by atoms with Crippen LogP contribution in [0.3, 0.4) is 0 Å². The number of aryl methyl sites for hydroxylation is 2. The first kappa shape index (κ1) is 17.2. The van der Waals surface area contributed by atoms with Crippen LogP contribution in [0.4, 0.5) is 5.69 Å². The fourth-order valence-corrected chi connectivity index (χ4v) is 4.50. The van der Waals surface area contributed by atoms with Crippen LogP contribution in [0.15, 0.2) is 54.7 Å². The number of rotatable bonds is 3. The fourth-order valence-electron chi connectivity index (χ4n) is 3.37. The third-order valence-corrected chi connectivity index (χ3v) is 5.63. The molecule has 0 atom stereocenters. The van der Waals surface area contributed by atoms with Gasteiger partial charge in [-0.1, -0.05) is 41.7 Å². The number of fused-ring (bicyclic) bond motifs is 2. The Labute approximate surface area is 157 Å². The lowest BCUT2D eigenvalue weighted by atomic mass is 10.0. The number of nitrogens with zero attached hydrogens (tertiary/aromatic N) is 2. The lowest BCUT2D eigenvalue weighted by Gasteiger charge is -2.27. The Morgan fingerprint density at radius 3 is 2.79 bits per heavy atom. The number of hydrogen-bond donors (Lipinski definition) is 0. The summed E-state index contributed by atoms with van der Waals surface area (Å²) < 4.78 is 3.75. The quantitative estimate of drug-likeness (QED) is 0.606. The highest BCUT2D eigenvalue weighted by Gasteiger charge is 2.18. The molecule has 1 aliphatic rings. The minimum Gasteiger partial charge on any atom is -1.00 e. The highest BCUT2D eigenvalue weighted by molar-refractivity contribution is 7.18. The van der Waals surface area contributed by atoms with Crippen LogP contribution in [0.25, 0.3) is 16.3 Å². The van der Waals surface area contributed by atoms with Crippen molar-refractivity contribution in [3.8, 4) is 0 Å². The fraction of sp³-hybridized carbons (Fsp3) is 0.250. The molecular formula is C20H21BrN2S. The standard InChI is InChI=1S/C20H21N2S.BrH/c1-2-22-18-11-5-6-12-19(18)23-20(22)13-15-21-14-7-9-16-8-3-4-10-17(16)21;/h3-6,8,10-13,15H,2,7,9,14H2,1H3;1H/q+1;/p-1. The Bertz CT molecular complexity index is 869. The second-order valence-electron chi connectivity index (χ2n) is 5.89. The molecule has 124 valence electrons. The van der Waals surface area contributed by atoms with Crippen molar-refractivity contribution >= 4 is 33.3 Å². The van der Waals surface area contributed by atoms with Gasteiger partial charge in [-0.2, -0.15) is 4.57 Å². The van der Waals surface area contributed by atoms with Gasteiger partial charge in [0.1, 0.15) is 11.2 Å². The summed E-state index contributed by atoms with van der Waals surface area (Å²) in [6.45, 7) is 4.32. The van der Waals surface area contributed by atoms with Crippen LogP contribution < -0.4 is 26.4 Å². The van der Waals surface area contributed by atoms with Crippen molar-refractivity contribution < 1.29 is 21.5 Å². The molecule has 0 spiro atoms. The SMILES string of the molecule is CC[n+]1c(C=CN2CCCc3ccccc32)sc2ccccc21.[Br-]. The largest absolute Gasteiger partial charge is 1.00 e. The predicted molar refractivity (Wildman–Crippen MR) is 98.8 cm³/mol. The van der Waals surface area contributed by atoms with E-state index in [-0.39, 0.29) is 17.0 Å². The molecule has 0 unspecified atom stereocenters. The maximum absolute atomic E-state index is 2.40. The van der Waals surface area contributed by atoms with E-state index in [0.29, 0.717) is 0 Å². The van der Waals surface area contributed by atoms with Gasteiger partial charge < -0.3 is 21.9 Å². The van der Waals surface area contributed by atoms with Crippen molar-refractivity contribution in [3.05, 3.63) is 65.3 Å². The molecule has 4 heteroatoms. The molecule has 1 aromatic heterocycles. The maximum atomic E-state index is 2.40. The van der Waals surface area contributed by atoms with Gasteiger partial charge in [-0.25, -0.2) is 0 Å². The van der Waals surface area contributed by atoms with E-state index >= 15 is 0 Å². The van der Waals surface area contributed by atoms with Crippen LogP contribution in [0.5, 0.6) is 0 Å². The van der Waals surface area contributed by atoms with Gasteiger partial charge in [0.2, 0.25) is 5.52 Å². The second-order valence-corrected chi connectivity index (χ2v) is 6.96. The molecule has 2 aromatic carbocycles. The molecule has 0 saturated carbocycles. The van der Waals surface area contributed by atoms with Gasteiger partial charge in [0.25, 0.3) is 5.01 Å². The van der Waals surface area contributed by atoms with Gasteiger partial charge in [0, 0.05) is 30.6 Å². The van der Waals surface area contributed by atoms with E-state index in [1.54, 1.807) is 0 Å². The number of benzene rings is 2. The van der Waals surface area contributed by atoms with Crippen molar-refractivity contribution in [3.63, 3.8) is 0 Å². The number of para-hydroxylation sites is 2. The molecule has 4 rings (SSSR count). The Balaban J connectivity index is 0.00000169. The summed E-state index contributed by atoms with van der Waals surface area (Å²) in [5.74, 6) is 0. The van der Waals surface area contributed by atoms with E-state index in [2.05, 4.69) is 77.2 Å². The summed E-state index contributed by atoms with van der Waals surface area (Å²) in [5.41, 5.74) is 4.15. The summed E-state index contributed by atoms with van der Waals surface area (Å²) in [5, 5.41) is 1.32. The van der Waals surface area contributed by atoms with Gasteiger partial charge in [0.15, 0.2) is 0 Å². The van der Waals surface area contributed by atoms with E-state index in [4.69, 9.17) is 0 Å². The van der Waals surface area contributed by atoms with Crippen LogP contribution in [0.1, 0.15) is 23.9 Å². The molecule has 0 bridgehead atoms. The molecule has 0 N–H and O–H groups in total. The van der Waals surface area contributed by atoms with E-state index in [1.165, 1.54) is 39.3 Å². The molecule has 1 aliphatic heterocycles. The Kier molecular flexibility index (Phi) is 5.36. The third-order valence-electron chi connectivity index (χ3n) is 4.50. The minimum atomic E-state index is 0. The summed E-state index contributed by atoms with van der Waals surface area (Å²) in [7, 11) is 0. The van der Waals surface area contributed by atoms with Crippen LogP contribution in [0.2, 0.25) is 0 Å². The molecule has 2 heterocycles. The van der Waals surface area contributed by atoms with Crippen LogP contribution >= 0.6 is 11.3 Å². The molecular weight excluding hydrogens is 380 g/mol. The smallest absolute Gasteiger partial charge is 0.264 e. The van der Waals surface area contributed by atoms with Crippen molar-refractivity contribution in [1.29, 1.82) is 0 Å². The summed E-state index contributed by atoms with van der Waals surface area (Å²) in [4.78, 5) is 2.39. The highest BCUT2D eigenvalue weighted by atomic mass is 79.9. The molecule has 0 saturated heterocycles. The van der Waals surface area contributed by atoms with E-state index in [1.807, 2.05) is 11.3 Å². The average Bonchev–Trinajstić information content (AvgIpc) is 2.97. The van der Waals surface area contributed by atoms with Crippen LogP contribution in [0, 0.1) is 0 Å². The first-order valence-corrected chi connectivity index (χ1v) is 9.12. The van der Waals surface area contributed by atoms with Crippen molar-refractivity contribution in [1.82, 2.24) is 0 Å². The molecule has 3 aromatic rings. The van der Waals surface area contributed by atoms with Gasteiger partial charge in [-0.3, -0.25) is 0 Å². The lowest BCUT2D eigenvalue weighted by molar-refractivity contribution is -0.665. The van der Waals surface area contributed by atoms with Crippen LogP contribution in [-0.4, -0.2) is 6.54 Å². The van der Waals surface area contributed by atoms with E-state index < -0.39 is 0 Å². The maximum Gasteiger partial charge on any atom is 0.264 e. The first-order valence-electron chi connectivity index (χ1n) is 8.31. The van der Waals surface area contributed by atoms with E-state index in [9.17, 15) is 0 Å². The van der Waals surface area contributed by atoms with Crippen molar-refractivity contribution in [2.24, 2.45) is 0 Å². The topological polar surface area (TPSA) is 7.12 Å². The highest BCUT2D eigenvalue weighted by Crippen LogP contribution is 2.28. The van der Waals surface area contributed by atoms with Crippen molar-refractivity contribution in [2.45, 2.75) is 26.3 Å². The van der Waals surface area contributed by atoms with Crippen LogP contribution in [-0.2, 0) is 13.0 Å². The summed E-state index contributed by atoms with van der Waals surface area (Å²) in [6, 6.07) is 17.4. The molecule has 0 aliphatic carbocycles. The molecule has 2 nitrogen and oxygen atoms in total. The predicted octanol–water partition coefficient (Wildman–Crippen LogP) is 1.64. The summed E-state index contributed by atoms with van der Waals surface area (Å²) in [6.07, 6.45) is 6.95. The number of anilines is 1. The minimum absolute atomic E-state index is 0. The van der Waals surface area contributed by atoms with Gasteiger partial charge in [-0.15, -0.1) is 0 Å². The molecule has 0 radical (unpaired) electrons. The van der Waals surface area contributed by atoms with Gasteiger partial charge >= 0.3 is 0 Å². The zero-order valence-electron chi connectivity index (χ0n) is 13.8. The lowest BCUT2D eigenvalue weighted by Crippen LogP contribution is -3.00. The number of aromatic nitrogens is 1. The Morgan fingerprint density at radius 1 is 1.12 bits per heavy atom. The zero-order chi connectivity index (χ0) is 15.6. The zero-order valence-corrected chi connectivity index (χ0v) is 16.2. The second kappa shape index (κ2) is 7.49. The van der Waals surface area contributed by atoms with Gasteiger partial charge in [0.05, 0.1) is 0 Å². The third kappa shape index (κ3) is 3.13. The monoisotopic (exact) mass is 400 g/mol.